The van der Waals surface area contributed by atoms with Crippen molar-refractivity contribution < 1.29 is 0 Å². The van der Waals surface area contributed by atoms with Gasteiger partial charge in [-0.1, -0.05) is 20.8 Å². The molecule has 0 aromatic heterocycles. The first-order chi connectivity index (χ1) is 5.81. The Hall–Kier alpha value is -0.120. The minimum absolute atomic E-state index is 0.595. The van der Waals surface area contributed by atoms with Crippen LogP contribution in [0.3, 0.4) is 0 Å². The van der Waals surface area contributed by atoms with Crippen LogP contribution in [0.4, 0.5) is 0 Å². The van der Waals surface area contributed by atoms with E-state index in [1.807, 2.05) is 0 Å². The first kappa shape index (κ1) is 9.96. The number of nitrogens with zero attached hydrogens (tertiary/aromatic N) is 2. The van der Waals surface area contributed by atoms with Gasteiger partial charge in [0, 0.05) is 0 Å². The van der Waals surface area contributed by atoms with Crippen molar-refractivity contribution in [3.05, 3.63) is 0 Å². The van der Waals surface area contributed by atoms with Crippen molar-refractivity contribution in [2.24, 2.45) is 0 Å². The lowest BCUT2D eigenvalue weighted by atomic mass is 10.3. The molecule has 0 bridgehead atoms. The van der Waals surface area contributed by atoms with E-state index in [0.29, 0.717) is 6.17 Å². The molecule has 3 heteroatoms. The van der Waals surface area contributed by atoms with Gasteiger partial charge in [0.25, 0.3) is 0 Å². The third-order valence-corrected chi connectivity index (χ3v) is 2.61. The van der Waals surface area contributed by atoms with Crippen LogP contribution in [0, 0.1) is 0 Å². The molecule has 0 radical (unpaired) electrons. The molecule has 1 heterocycles. The van der Waals surface area contributed by atoms with Crippen LogP contribution in [0.5, 0.6) is 0 Å². The van der Waals surface area contributed by atoms with Gasteiger partial charge >= 0.3 is 0 Å². The van der Waals surface area contributed by atoms with Crippen molar-refractivity contribution >= 4 is 0 Å². The summed E-state index contributed by atoms with van der Waals surface area (Å²) in [6.07, 6.45) is 1.79. The highest BCUT2D eigenvalue weighted by molar-refractivity contribution is 4.72. The molecule has 0 spiro atoms. The quantitative estimate of drug-likeness (QED) is 0.680. The molecule has 1 rings (SSSR count). The predicted octanol–water partition coefficient (Wildman–Crippen LogP) is 0.885. The van der Waals surface area contributed by atoms with E-state index in [0.717, 1.165) is 26.4 Å². The molecule has 1 atom stereocenters. The highest BCUT2D eigenvalue weighted by Gasteiger charge is 2.21. The van der Waals surface area contributed by atoms with Gasteiger partial charge in [0.1, 0.15) is 0 Å². The molecule has 1 fully saturated rings. The maximum absolute atomic E-state index is 3.52. The van der Waals surface area contributed by atoms with Gasteiger partial charge < -0.3 is 0 Å². The van der Waals surface area contributed by atoms with E-state index in [1.54, 1.807) is 0 Å². The van der Waals surface area contributed by atoms with E-state index in [1.165, 1.54) is 6.42 Å². The summed E-state index contributed by atoms with van der Waals surface area (Å²) in [4.78, 5) is 4.89. The predicted molar refractivity (Wildman–Crippen MR) is 51.7 cm³/mol. The first-order valence-corrected chi connectivity index (χ1v) is 5.01. The Kier molecular flexibility index (Phi) is 3.98. The number of hydrogen-bond acceptors (Lipinski definition) is 3. The Morgan fingerprint density at radius 2 is 2.00 bits per heavy atom. The molecule has 1 aliphatic heterocycles. The van der Waals surface area contributed by atoms with Crippen molar-refractivity contribution in [3.8, 4) is 0 Å². The molecule has 1 N–H and O–H groups in total. The van der Waals surface area contributed by atoms with Crippen molar-refractivity contribution in [3.63, 3.8) is 0 Å². The van der Waals surface area contributed by atoms with Gasteiger partial charge in [-0.25, -0.2) is 0 Å². The second-order valence-corrected chi connectivity index (χ2v) is 3.32. The van der Waals surface area contributed by atoms with E-state index >= 15 is 0 Å². The summed E-state index contributed by atoms with van der Waals surface area (Å²) in [7, 11) is 0. The Morgan fingerprint density at radius 1 is 1.25 bits per heavy atom. The highest BCUT2D eigenvalue weighted by Crippen LogP contribution is 2.07. The van der Waals surface area contributed by atoms with Crippen molar-refractivity contribution in [1.29, 1.82) is 0 Å². The summed E-state index contributed by atoms with van der Waals surface area (Å²) >= 11 is 0. The third kappa shape index (κ3) is 2.19. The largest absolute Gasteiger partial charge is 0.289 e. The third-order valence-electron chi connectivity index (χ3n) is 2.61. The monoisotopic (exact) mass is 171 g/mol. The Balaban J connectivity index is 2.41. The van der Waals surface area contributed by atoms with Crippen LogP contribution in [0.15, 0.2) is 0 Å². The molecule has 0 amide bonds. The minimum atomic E-state index is 0.595. The molecule has 0 aromatic rings. The van der Waals surface area contributed by atoms with Crippen molar-refractivity contribution in [1.82, 2.24) is 15.1 Å². The fourth-order valence-electron chi connectivity index (χ4n) is 1.70. The normalized spacial score (nSPS) is 27.8. The van der Waals surface area contributed by atoms with E-state index in [4.69, 9.17) is 0 Å². The van der Waals surface area contributed by atoms with E-state index < -0.39 is 0 Å². The van der Waals surface area contributed by atoms with Crippen LogP contribution in [-0.4, -0.2) is 42.4 Å². The average molecular weight is 171 g/mol. The molecule has 0 aromatic carbocycles. The van der Waals surface area contributed by atoms with Gasteiger partial charge in [-0.15, -0.1) is 0 Å². The second-order valence-electron chi connectivity index (χ2n) is 3.32. The SMILES string of the molecule is CCC1NCN(CC)CN1CC. The van der Waals surface area contributed by atoms with Gasteiger partial charge in [0.15, 0.2) is 0 Å². The standard InChI is InChI=1S/C9H21N3/c1-4-9-10-7-11(5-2)8-12(9)6-3/h9-10H,4-8H2,1-3H3. The van der Waals surface area contributed by atoms with Crippen molar-refractivity contribution in [2.75, 3.05) is 26.4 Å². The Labute approximate surface area is 75.7 Å². The van der Waals surface area contributed by atoms with Gasteiger partial charge in [-0.05, 0) is 19.5 Å². The van der Waals surface area contributed by atoms with Crippen LogP contribution in [0.1, 0.15) is 27.2 Å². The molecule has 3 nitrogen and oxygen atoms in total. The Morgan fingerprint density at radius 3 is 2.50 bits per heavy atom. The summed E-state index contributed by atoms with van der Waals surface area (Å²) in [5.41, 5.74) is 0. The zero-order valence-corrected chi connectivity index (χ0v) is 8.51. The minimum Gasteiger partial charge on any atom is -0.289 e. The van der Waals surface area contributed by atoms with Crippen LogP contribution in [0.25, 0.3) is 0 Å². The number of nitrogens with one attached hydrogen (secondary N) is 1. The van der Waals surface area contributed by atoms with Gasteiger partial charge in [-0.2, -0.15) is 0 Å². The van der Waals surface area contributed by atoms with Crippen LogP contribution in [0.2, 0.25) is 0 Å². The molecule has 72 valence electrons. The van der Waals surface area contributed by atoms with E-state index in [-0.39, 0.29) is 0 Å². The lowest BCUT2D eigenvalue weighted by Crippen LogP contribution is -2.58. The molecule has 0 aliphatic carbocycles. The van der Waals surface area contributed by atoms with Gasteiger partial charge in [0.05, 0.1) is 19.5 Å². The van der Waals surface area contributed by atoms with Crippen LogP contribution >= 0.6 is 0 Å². The van der Waals surface area contributed by atoms with E-state index in [2.05, 4.69) is 35.9 Å². The Bertz CT molecular complexity index is 127. The fourth-order valence-corrected chi connectivity index (χ4v) is 1.70. The van der Waals surface area contributed by atoms with E-state index in [9.17, 15) is 0 Å². The molecule has 12 heavy (non-hydrogen) atoms. The lowest BCUT2D eigenvalue weighted by Gasteiger charge is -2.41. The maximum atomic E-state index is 3.52. The van der Waals surface area contributed by atoms with Crippen molar-refractivity contribution in [2.45, 2.75) is 33.4 Å². The molecule has 1 unspecified atom stereocenters. The summed E-state index contributed by atoms with van der Waals surface area (Å²) in [5, 5.41) is 3.52. The molecule has 1 aliphatic rings. The smallest absolute Gasteiger partial charge is 0.0615 e. The molecular weight excluding hydrogens is 150 g/mol. The summed E-state index contributed by atoms with van der Waals surface area (Å²) in [6.45, 7) is 11.1. The van der Waals surface area contributed by atoms with Gasteiger partial charge in [0.2, 0.25) is 0 Å². The fraction of sp³-hybridized carbons (Fsp3) is 1.00. The molecule has 0 saturated carbocycles. The van der Waals surface area contributed by atoms with Gasteiger partial charge in [-0.3, -0.25) is 15.1 Å². The summed E-state index contributed by atoms with van der Waals surface area (Å²) < 4.78 is 0. The zero-order valence-electron chi connectivity index (χ0n) is 8.51. The summed E-state index contributed by atoms with van der Waals surface area (Å²) in [6, 6.07) is 0. The highest BCUT2D eigenvalue weighted by atomic mass is 15.4. The molecular formula is C9H21N3. The lowest BCUT2D eigenvalue weighted by molar-refractivity contribution is 0.0207. The van der Waals surface area contributed by atoms with Crippen LogP contribution in [-0.2, 0) is 0 Å². The van der Waals surface area contributed by atoms with Crippen LogP contribution < -0.4 is 5.32 Å². The second kappa shape index (κ2) is 4.80. The topological polar surface area (TPSA) is 18.5 Å². The average Bonchev–Trinajstić information content (AvgIpc) is 2.16. The number of hydrogen-bond donors (Lipinski definition) is 1. The maximum Gasteiger partial charge on any atom is 0.0615 e. The first-order valence-electron chi connectivity index (χ1n) is 5.01. The number of rotatable bonds is 3. The molecule has 1 saturated heterocycles. The summed E-state index contributed by atoms with van der Waals surface area (Å²) in [5.74, 6) is 0. The zero-order chi connectivity index (χ0) is 8.97.